The fourth-order valence-corrected chi connectivity index (χ4v) is 4.07. The summed E-state index contributed by atoms with van der Waals surface area (Å²) in [6.07, 6.45) is 2.44. The van der Waals surface area contributed by atoms with E-state index < -0.39 is 0 Å². The van der Waals surface area contributed by atoms with Gasteiger partial charge in [-0.25, -0.2) is 4.68 Å². The Balaban J connectivity index is 1.17. The third kappa shape index (κ3) is 4.30. The van der Waals surface area contributed by atoms with Gasteiger partial charge in [-0.15, -0.1) is 0 Å². The number of rotatable bonds is 6. The van der Waals surface area contributed by atoms with Gasteiger partial charge in [0.05, 0.1) is 24.3 Å². The summed E-state index contributed by atoms with van der Waals surface area (Å²) in [7, 11) is 0. The molecule has 8 nitrogen and oxygen atoms in total. The first-order chi connectivity index (χ1) is 15.7. The second-order valence-electron chi connectivity index (χ2n) is 8.03. The SMILES string of the molecule is O=C(NCc1ccc2c(c1)OCO2)C1CCN(c2cnn(Cc3ccccc3)c(=O)c2)C1. The molecule has 1 atom stereocenters. The summed E-state index contributed by atoms with van der Waals surface area (Å²) in [6, 6.07) is 17.0. The zero-order chi connectivity index (χ0) is 21.9. The third-order valence-electron chi connectivity index (χ3n) is 5.86. The zero-order valence-electron chi connectivity index (χ0n) is 17.6. The molecule has 1 N–H and O–H groups in total. The van der Waals surface area contributed by atoms with Crippen LogP contribution in [0.2, 0.25) is 0 Å². The van der Waals surface area contributed by atoms with Gasteiger partial charge < -0.3 is 19.7 Å². The Morgan fingerprint density at radius 2 is 1.91 bits per heavy atom. The van der Waals surface area contributed by atoms with Gasteiger partial charge in [0, 0.05) is 25.7 Å². The van der Waals surface area contributed by atoms with Crippen LogP contribution in [0.25, 0.3) is 0 Å². The molecule has 3 aromatic rings. The highest BCUT2D eigenvalue weighted by atomic mass is 16.7. The maximum absolute atomic E-state index is 12.7. The van der Waals surface area contributed by atoms with Crippen LogP contribution in [0.5, 0.6) is 11.5 Å². The van der Waals surface area contributed by atoms with E-state index >= 15 is 0 Å². The summed E-state index contributed by atoms with van der Waals surface area (Å²) >= 11 is 0. The summed E-state index contributed by atoms with van der Waals surface area (Å²) in [6.45, 7) is 2.38. The van der Waals surface area contributed by atoms with E-state index in [0.29, 0.717) is 31.9 Å². The Labute approximate surface area is 185 Å². The number of nitrogens with one attached hydrogen (secondary N) is 1. The molecule has 3 heterocycles. The minimum atomic E-state index is -0.151. The molecule has 164 valence electrons. The lowest BCUT2D eigenvalue weighted by molar-refractivity contribution is -0.124. The van der Waals surface area contributed by atoms with E-state index in [4.69, 9.17) is 9.47 Å². The molecule has 0 aliphatic carbocycles. The molecule has 32 heavy (non-hydrogen) atoms. The minimum Gasteiger partial charge on any atom is -0.454 e. The van der Waals surface area contributed by atoms with Gasteiger partial charge in [0.15, 0.2) is 11.5 Å². The maximum atomic E-state index is 12.7. The van der Waals surface area contributed by atoms with Crippen molar-refractivity contribution in [2.75, 3.05) is 24.8 Å². The molecule has 8 heteroatoms. The van der Waals surface area contributed by atoms with Crippen LogP contribution in [0.3, 0.4) is 0 Å². The molecule has 1 aromatic heterocycles. The van der Waals surface area contributed by atoms with E-state index in [9.17, 15) is 9.59 Å². The third-order valence-corrected chi connectivity index (χ3v) is 5.86. The number of carbonyl (C=O) groups is 1. The number of amides is 1. The Bertz CT molecular complexity index is 1180. The fourth-order valence-electron chi connectivity index (χ4n) is 4.07. The number of carbonyl (C=O) groups excluding carboxylic acids is 1. The van der Waals surface area contributed by atoms with Crippen molar-refractivity contribution >= 4 is 11.6 Å². The van der Waals surface area contributed by atoms with Gasteiger partial charge in [-0.2, -0.15) is 5.10 Å². The number of ether oxygens (including phenoxy) is 2. The molecule has 0 radical (unpaired) electrons. The highest BCUT2D eigenvalue weighted by Crippen LogP contribution is 2.32. The quantitative estimate of drug-likeness (QED) is 0.643. The van der Waals surface area contributed by atoms with Crippen LogP contribution in [-0.4, -0.2) is 35.6 Å². The molecular weight excluding hydrogens is 408 g/mol. The predicted molar refractivity (Wildman–Crippen MR) is 119 cm³/mol. The van der Waals surface area contributed by atoms with Crippen molar-refractivity contribution in [2.24, 2.45) is 5.92 Å². The molecule has 1 amide bonds. The summed E-state index contributed by atoms with van der Waals surface area (Å²) in [5.41, 5.74) is 2.59. The molecule has 1 saturated heterocycles. The van der Waals surface area contributed by atoms with Crippen LogP contribution in [0.15, 0.2) is 65.6 Å². The van der Waals surface area contributed by atoms with Crippen molar-refractivity contribution in [3.8, 4) is 11.5 Å². The Morgan fingerprint density at radius 1 is 1.06 bits per heavy atom. The van der Waals surface area contributed by atoms with Gasteiger partial charge in [-0.05, 0) is 29.7 Å². The summed E-state index contributed by atoms with van der Waals surface area (Å²) in [5, 5.41) is 7.34. The second kappa shape index (κ2) is 8.74. The van der Waals surface area contributed by atoms with Crippen LogP contribution in [-0.2, 0) is 17.9 Å². The predicted octanol–water partition coefficient (Wildman–Crippen LogP) is 2.16. The van der Waals surface area contributed by atoms with Crippen LogP contribution >= 0.6 is 0 Å². The van der Waals surface area contributed by atoms with Crippen molar-refractivity contribution < 1.29 is 14.3 Å². The van der Waals surface area contributed by atoms with Gasteiger partial charge in [0.25, 0.3) is 5.56 Å². The highest BCUT2D eigenvalue weighted by Gasteiger charge is 2.29. The molecule has 1 unspecified atom stereocenters. The average molecular weight is 432 g/mol. The number of benzene rings is 2. The molecule has 5 rings (SSSR count). The molecule has 2 aliphatic heterocycles. The molecule has 2 aromatic carbocycles. The van der Waals surface area contributed by atoms with Crippen LogP contribution in [0, 0.1) is 5.92 Å². The van der Waals surface area contributed by atoms with Crippen LogP contribution < -0.4 is 25.2 Å². The molecule has 1 fully saturated rings. The van der Waals surface area contributed by atoms with E-state index in [1.54, 1.807) is 12.3 Å². The number of fused-ring (bicyclic) bond motifs is 1. The van der Waals surface area contributed by atoms with Crippen molar-refractivity contribution in [1.82, 2.24) is 15.1 Å². The number of hydrogen-bond donors (Lipinski definition) is 1. The molecule has 0 spiro atoms. The zero-order valence-corrected chi connectivity index (χ0v) is 17.6. The standard InChI is InChI=1S/C24H24N4O4/c29-23-11-20(13-26-28(23)14-17-4-2-1-3-5-17)27-9-8-19(15-27)24(30)25-12-18-6-7-21-22(10-18)32-16-31-21/h1-7,10-11,13,19H,8-9,12,14-16H2,(H,25,30). The van der Waals surface area contributed by atoms with E-state index in [-0.39, 0.29) is 24.2 Å². The van der Waals surface area contributed by atoms with E-state index in [0.717, 1.165) is 29.0 Å². The summed E-state index contributed by atoms with van der Waals surface area (Å²) in [5.74, 6) is 1.32. The Hall–Kier alpha value is -3.81. The molecule has 2 aliphatic rings. The summed E-state index contributed by atoms with van der Waals surface area (Å²) in [4.78, 5) is 27.3. The first kappa shape index (κ1) is 20.1. The Morgan fingerprint density at radius 3 is 2.75 bits per heavy atom. The van der Waals surface area contributed by atoms with Crippen LogP contribution in [0.4, 0.5) is 5.69 Å². The molecular formula is C24H24N4O4. The molecule has 0 bridgehead atoms. The lowest BCUT2D eigenvalue weighted by Gasteiger charge is -2.18. The first-order valence-corrected chi connectivity index (χ1v) is 10.7. The average Bonchev–Trinajstić information content (AvgIpc) is 3.49. The Kier molecular flexibility index (Phi) is 5.49. The number of hydrogen-bond acceptors (Lipinski definition) is 6. The van der Waals surface area contributed by atoms with E-state index in [2.05, 4.69) is 10.4 Å². The van der Waals surface area contributed by atoms with Gasteiger partial charge >= 0.3 is 0 Å². The van der Waals surface area contributed by atoms with Crippen molar-refractivity contribution in [2.45, 2.75) is 19.5 Å². The van der Waals surface area contributed by atoms with Gasteiger partial charge in [0.1, 0.15) is 0 Å². The van der Waals surface area contributed by atoms with Crippen molar-refractivity contribution in [3.63, 3.8) is 0 Å². The first-order valence-electron chi connectivity index (χ1n) is 10.7. The lowest BCUT2D eigenvalue weighted by atomic mass is 10.1. The van der Waals surface area contributed by atoms with Gasteiger partial charge in [0.2, 0.25) is 12.7 Å². The molecule has 0 saturated carbocycles. The van der Waals surface area contributed by atoms with Crippen LogP contribution in [0.1, 0.15) is 17.5 Å². The lowest BCUT2D eigenvalue weighted by Crippen LogP contribution is -2.33. The monoisotopic (exact) mass is 432 g/mol. The normalized spacial score (nSPS) is 16.9. The van der Waals surface area contributed by atoms with Crippen molar-refractivity contribution in [1.29, 1.82) is 0 Å². The fraction of sp³-hybridized carbons (Fsp3) is 0.292. The van der Waals surface area contributed by atoms with Gasteiger partial charge in [-0.1, -0.05) is 36.4 Å². The largest absolute Gasteiger partial charge is 0.454 e. The second-order valence-corrected chi connectivity index (χ2v) is 8.03. The highest BCUT2D eigenvalue weighted by molar-refractivity contribution is 5.80. The number of anilines is 1. The topological polar surface area (TPSA) is 85.7 Å². The van der Waals surface area contributed by atoms with E-state index in [1.165, 1.54) is 4.68 Å². The number of aromatic nitrogens is 2. The van der Waals surface area contributed by atoms with E-state index in [1.807, 2.05) is 53.4 Å². The number of nitrogens with zero attached hydrogens (tertiary/aromatic N) is 3. The van der Waals surface area contributed by atoms with Gasteiger partial charge in [-0.3, -0.25) is 9.59 Å². The minimum absolute atomic E-state index is 0.00976. The summed E-state index contributed by atoms with van der Waals surface area (Å²) < 4.78 is 12.1. The maximum Gasteiger partial charge on any atom is 0.269 e. The smallest absolute Gasteiger partial charge is 0.269 e. The van der Waals surface area contributed by atoms with Crippen molar-refractivity contribution in [3.05, 3.63) is 82.3 Å².